The molecule has 1 aromatic heterocycles. The third kappa shape index (κ3) is 4.72. The predicted octanol–water partition coefficient (Wildman–Crippen LogP) is 3.38. The van der Waals surface area contributed by atoms with Crippen molar-refractivity contribution in [2.75, 3.05) is 31.5 Å². The average Bonchev–Trinajstić information content (AvgIpc) is 2.73. The van der Waals surface area contributed by atoms with Gasteiger partial charge >= 0.3 is 0 Å². The normalized spacial score (nSPS) is 14.4. The van der Waals surface area contributed by atoms with Crippen LogP contribution in [-0.4, -0.2) is 58.3 Å². The van der Waals surface area contributed by atoms with E-state index < -0.39 is 0 Å². The van der Waals surface area contributed by atoms with Gasteiger partial charge in [-0.1, -0.05) is 45.9 Å². The van der Waals surface area contributed by atoms with Gasteiger partial charge in [0.05, 0.1) is 0 Å². The van der Waals surface area contributed by atoms with Crippen LogP contribution in [0.2, 0.25) is 0 Å². The Morgan fingerprint density at radius 1 is 1.03 bits per heavy atom. The van der Waals surface area contributed by atoms with Crippen LogP contribution in [0.4, 0.5) is 11.5 Å². The van der Waals surface area contributed by atoms with Crippen LogP contribution in [-0.2, 0) is 4.79 Å². The Labute approximate surface area is 172 Å². The van der Waals surface area contributed by atoms with Gasteiger partial charge in [0.2, 0.25) is 6.41 Å². The second-order valence-corrected chi connectivity index (χ2v) is 7.97. The van der Waals surface area contributed by atoms with Crippen LogP contribution < -0.4 is 5.32 Å². The molecular formula is C22H29N5O2. The Morgan fingerprint density at radius 2 is 1.66 bits per heavy atom. The van der Waals surface area contributed by atoms with E-state index in [0.717, 1.165) is 12.1 Å². The number of rotatable bonds is 6. The number of amides is 2. The molecule has 0 saturated carbocycles. The number of carbonyl (C=O) groups is 2. The van der Waals surface area contributed by atoms with Crippen LogP contribution in [0.1, 0.15) is 61.1 Å². The molecule has 29 heavy (non-hydrogen) atoms. The lowest BCUT2D eigenvalue weighted by atomic mass is 9.92. The predicted molar refractivity (Wildman–Crippen MR) is 113 cm³/mol. The second-order valence-electron chi connectivity index (χ2n) is 7.97. The fourth-order valence-corrected chi connectivity index (χ4v) is 3.56. The zero-order valence-corrected chi connectivity index (χ0v) is 17.6. The topological polar surface area (TPSA) is 78.4 Å². The number of nitrogens with zero attached hydrogens (tertiary/aromatic N) is 4. The summed E-state index contributed by atoms with van der Waals surface area (Å²) in [5.41, 5.74) is 3.84. The number of hydrogen-bond acceptors (Lipinski definition) is 5. The lowest BCUT2D eigenvalue weighted by Crippen LogP contribution is -2.48. The Kier molecular flexibility index (Phi) is 6.46. The van der Waals surface area contributed by atoms with Gasteiger partial charge in [0.15, 0.2) is 0 Å². The van der Waals surface area contributed by atoms with Gasteiger partial charge in [-0.25, -0.2) is 9.97 Å². The molecule has 1 fully saturated rings. The molecule has 0 radical (unpaired) electrons. The molecule has 1 aromatic carbocycles. The molecule has 2 amide bonds. The summed E-state index contributed by atoms with van der Waals surface area (Å²) in [6, 6.07) is 8.04. The van der Waals surface area contributed by atoms with Gasteiger partial charge in [-0.2, -0.15) is 0 Å². The van der Waals surface area contributed by atoms with E-state index in [1.807, 2.05) is 0 Å². The highest BCUT2D eigenvalue weighted by atomic mass is 16.2. The Morgan fingerprint density at radius 3 is 2.21 bits per heavy atom. The summed E-state index contributed by atoms with van der Waals surface area (Å²) >= 11 is 0. The number of hydrogen-bond donors (Lipinski definition) is 1. The van der Waals surface area contributed by atoms with Gasteiger partial charge < -0.3 is 15.1 Å². The molecule has 3 rings (SSSR count). The third-order valence-corrected chi connectivity index (χ3v) is 5.26. The molecule has 1 saturated heterocycles. The van der Waals surface area contributed by atoms with Crippen molar-refractivity contribution in [3.63, 3.8) is 0 Å². The van der Waals surface area contributed by atoms with Crippen molar-refractivity contribution >= 4 is 23.8 Å². The fourth-order valence-electron chi connectivity index (χ4n) is 3.56. The van der Waals surface area contributed by atoms with Gasteiger partial charge in [0, 0.05) is 37.9 Å². The molecule has 1 N–H and O–H groups in total. The standard InChI is InChI=1S/C22H29N5O2/c1-15(2)17-6-5-7-18(16(3)4)21(17)25-20-12-19(23-13-24-20)22(29)27-10-8-26(14-28)9-11-27/h5-7,12-16H,8-11H2,1-4H3,(H,23,24,25). The maximum absolute atomic E-state index is 12.9. The molecule has 7 heteroatoms. The zero-order chi connectivity index (χ0) is 21.0. The molecule has 154 valence electrons. The third-order valence-electron chi connectivity index (χ3n) is 5.26. The first-order valence-corrected chi connectivity index (χ1v) is 10.1. The van der Waals surface area contributed by atoms with Crippen LogP contribution >= 0.6 is 0 Å². The minimum absolute atomic E-state index is 0.137. The van der Waals surface area contributed by atoms with Gasteiger partial charge in [-0.05, 0) is 23.0 Å². The largest absolute Gasteiger partial charge is 0.342 e. The van der Waals surface area contributed by atoms with Crippen LogP contribution in [0.25, 0.3) is 0 Å². The minimum atomic E-state index is -0.137. The molecule has 7 nitrogen and oxygen atoms in total. The van der Waals surface area contributed by atoms with E-state index in [2.05, 4.69) is 61.2 Å². The van der Waals surface area contributed by atoms with E-state index >= 15 is 0 Å². The van der Waals surface area contributed by atoms with E-state index in [0.29, 0.717) is 49.5 Å². The number of anilines is 2. The van der Waals surface area contributed by atoms with Crippen molar-refractivity contribution in [1.82, 2.24) is 19.8 Å². The van der Waals surface area contributed by atoms with Crippen LogP contribution in [0.5, 0.6) is 0 Å². The highest BCUT2D eigenvalue weighted by Gasteiger charge is 2.23. The summed E-state index contributed by atoms with van der Waals surface area (Å²) in [6.45, 7) is 10.8. The van der Waals surface area contributed by atoms with E-state index in [9.17, 15) is 9.59 Å². The van der Waals surface area contributed by atoms with Crippen molar-refractivity contribution in [1.29, 1.82) is 0 Å². The number of carbonyl (C=O) groups excluding carboxylic acids is 2. The Hall–Kier alpha value is -2.96. The summed E-state index contributed by atoms with van der Waals surface area (Å²) in [5, 5.41) is 3.44. The fraction of sp³-hybridized carbons (Fsp3) is 0.455. The number of piperazine rings is 1. The molecule has 0 atom stereocenters. The average molecular weight is 396 g/mol. The molecule has 0 unspecified atom stereocenters. The zero-order valence-electron chi connectivity index (χ0n) is 17.6. The van der Waals surface area contributed by atoms with Crippen LogP contribution in [0.3, 0.4) is 0 Å². The Bertz CT molecular complexity index is 847. The van der Waals surface area contributed by atoms with Crippen molar-refractivity contribution < 1.29 is 9.59 Å². The van der Waals surface area contributed by atoms with E-state index in [-0.39, 0.29) is 5.91 Å². The van der Waals surface area contributed by atoms with Gasteiger partial charge in [-0.15, -0.1) is 0 Å². The molecule has 2 aromatic rings. The van der Waals surface area contributed by atoms with Gasteiger partial charge in [-0.3, -0.25) is 9.59 Å². The maximum atomic E-state index is 12.9. The molecular weight excluding hydrogens is 366 g/mol. The number of para-hydroxylation sites is 1. The lowest BCUT2D eigenvalue weighted by molar-refractivity contribution is -0.119. The SMILES string of the molecule is CC(C)c1cccc(C(C)C)c1Nc1cc(C(=O)N2CCN(C=O)CC2)ncn1. The highest BCUT2D eigenvalue weighted by molar-refractivity contribution is 5.93. The summed E-state index contributed by atoms with van der Waals surface area (Å²) in [4.78, 5) is 35.6. The first kappa shape index (κ1) is 20.8. The second kappa shape index (κ2) is 9.03. The van der Waals surface area contributed by atoms with Crippen molar-refractivity contribution in [2.24, 2.45) is 0 Å². The van der Waals surface area contributed by atoms with Crippen LogP contribution in [0, 0.1) is 0 Å². The lowest BCUT2D eigenvalue weighted by Gasteiger charge is -2.32. The smallest absolute Gasteiger partial charge is 0.272 e. The summed E-state index contributed by atoms with van der Waals surface area (Å²) in [6.07, 6.45) is 2.25. The Balaban J connectivity index is 1.84. The first-order valence-electron chi connectivity index (χ1n) is 10.1. The van der Waals surface area contributed by atoms with Crippen LogP contribution in [0.15, 0.2) is 30.6 Å². The van der Waals surface area contributed by atoms with E-state index in [1.165, 1.54) is 17.5 Å². The van der Waals surface area contributed by atoms with E-state index in [1.54, 1.807) is 15.9 Å². The van der Waals surface area contributed by atoms with E-state index in [4.69, 9.17) is 0 Å². The highest BCUT2D eigenvalue weighted by Crippen LogP contribution is 2.34. The molecule has 1 aliphatic heterocycles. The quantitative estimate of drug-likeness (QED) is 0.759. The number of aromatic nitrogens is 2. The minimum Gasteiger partial charge on any atom is -0.342 e. The first-order chi connectivity index (χ1) is 13.9. The van der Waals surface area contributed by atoms with Crippen molar-refractivity contribution in [3.8, 4) is 0 Å². The van der Waals surface area contributed by atoms with Crippen molar-refractivity contribution in [2.45, 2.75) is 39.5 Å². The summed E-state index contributed by atoms with van der Waals surface area (Å²) < 4.78 is 0. The number of nitrogens with one attached hydrogen (secondary N) is 1. The monoisotopic (exact) mass is 395 g/mol. The van der Waals surface area contributed by atoms with Gasteiger partial charge in [0.25, 0.3) is 5.91 Å². The summed E-state index contributed by atoms with van der Waals surface area (Å²) in [7, 11) is 0. The maximum Gasteiger partial charge on any atom is 0.272 e. The molecule has 0 bridgehead atoms. The molecule has 0 aliphatic carbocycles. The molecule has 2 heterocycles. The van der Waals surface area contributed by atoms with Crippen molar-refractivity contribution in [3.05, 3.63) is 47.4 Å². The van der Waals surface area contributed by atoms with Gasteiger partial charge in [0.1, 0.15) is 17.8 Å². The number of benzene rings is 1. The molecule has 0 spiro atoms. The summed E-state index contributed by atoms with van der Waals surface area (Å²) in [5.74, 6) is 1.17. The molecule has 1 aliphatic rings.